The Kier molecular flexibility index (Phi) is 28.4. The first-order valence-electron chi connectivity index (χ1n) is 20.9. The van der Waals surface area contributed by atoms with Crippen molar-refractivity contribution in [3.8, 4) is 0 Å². The molecule has 0 aromatic heterocycles. The minimum atomic E-state index is -4.67. The van der Waals surface area contributed by atoms with Gasteiger partial charge in [-0.1, -0.05) is 114 Å². The first kappa shape index (κ1) is 51.3. The van der Waals surface area contributed by atoms with Gasteiger partial charge in [-0.2, -0.15) is 0 Å². The number of hydrogen-bond acceptors (Lipinski definition) is 10. The molecule has 1 amide bonds. The van der Waals surface area contributed by atoms with Gasteiger partial charge in [0.2, 0.25) is 5.91 Å². The molecule has 1 aliphatic heterocycles. The first-order chi connectivity index (χ1) is 26.2. The average molecular weight is 801 g/mol. The molecule has 5 N–H and O–H groups in total. The summed E-state index contributed by atoms with van der Waals surface area (Å²) in [6.45, 7) is 4.23. The van der Waals surface area contributed by atoms with Gasteiger partial charge in [0.15, 0.2) is 6.29 Å². The Hall–Kier alpha value is -1.70. The molecular formula is C42H77N2O10P. The zero-order valence-electron chi connectivity index (χ0n) is 34.6. The van der Waals surface area contributed by atoms with E-state index in [9.17, 15) is 34.7 Å². The van der Waals surface area contributed by atoms with Gasteiger partial charge < -0.3 is 48.9 Å². The lowest BCUT2D eigenvalue weighted by molar-refractivity contribution is -0.870. The number of unbranched alkanes of at least 4 members (excludes halogenated alkanes) is 10. The second-order valence-electron chi connectivity index (χ2n) is 15.9. The van der Waals surface area contributed by atoms with Gasteiger partial charge in [0, 0.05) is 18.8 Å². The Morgan fingerprint density at radius 1 is 0.873 bits per heavy atom. The van der Waals surface area contributed by atoms with Crippen molar-refractivity contribution in [2.24, 2.45) is 5.92 Å². The molecule has 0 saturated carbocycles. The van der Waals surface area contributed by atoms with Crippen molar-refractivity contribution >= 4 is 13.7 Å². The van der Waals surface area contributed by atoms with Crippen LogP contribution in [0.15, 0.2) is 48.6 Å². The Morgan fingerprint density at radius 3 is 2.24 bits per heavy atom. The number of amides is 1. The van der Waals surface area contributed by atoms with Gasteiger partial charge in [0.05, 0.1) is 58.2 Å². The molecule has 1 heterocycles. The summed E-state index contributed by atoms with van der Waals surface area (Å²) in [5.74, 6) is -0.654. The van der Waals surface area contributed by atoms with Gasteiger partial charge in [-0.25, -0.2) is 0 Å². The Balaban J connectivity index is 2.68. The smallest absolute Gasteiger partial charge is 0.268 e. The van der Waals surface area contributed by atoms with Crippen molar-refractivity contribution in [3.05, 3.63) is 48.6 Å². The summed E-state index contributed by atoms with van der Waals surface area (Å²) < 4.78 is 28.8. The third kappa shape index (κ3) is 27.6. The fourth-order valence-electron chi connectivity index (χ4n) is 6.09. The molecular weight excluding hydrogens is 723 g/mol. The number of phosphoric acid groups is 1. The fraction of sp³-hybridized carbons (Fsp3) is 0.786. The number of aliphatic hydroxyl groups excluding tert-OH is 4. The highest BCUT2D eigenvalue weighted by atomic mass is 31.2. The maximum Gasteiger partial charge on any atom is 0.268 e. The predicted molar refractivity (Wildman–Crippen MR) is 218 cm³/mol. The molecule has 0 spiro atoms. The summed E-state index contributed by atoms with van der Waals surface area (Å²) in [6, 6.07) is -1.01. The minimum absolute atomic E-state index is 0.0576. The molecule has 13 heteroatoms. The number of ether oxygens (including phenoxy) is 1. The molecule has 320 valence electrons. The van der Waals surface area contributed by atoms with Gasteiger partial charge in [0.1, 0.15) is 13.2 Å². The Labute approximate surface area is 332 Å². The van der Waals surface area contributed by atoms with Crippen LogP contribution >= 0.6 is 7.82 Å². The predicted octanol–water partition coefficient (Wildman–Crippen LogP) is 6.38. The number of aliphatic hydroxyl groups is 4. The highest BCUT2D eigenvalue weighted by Gasteiger charge is 2.35. The summed E-state index contributed by atoms with van der Waals surface area (Å²) in [4.78, 5) is 25.4. The summed E-state index contributed by atoms with van der Waals surface area (Å²) in [5.41, 5.74) is 0. The number of likely N-dealkylation sites (N-methyl/N-ethyl adjacent to an activating group) is 1. The first-order valence-corrected chi connectivity index (χ1v) is 22.4. The van der Waals surface area contributed by atoms with Gasteiger partial charge in [-0.05, 0) is 51.4 Å². The molecule has 0 aliphatic carbocycles. The van der Waals surface area contributed by atoms with Gasteiger partial charge in [-0.3, -0.25) is 9.36 Å². The number of carbonyl (C=O) groups excluding carboxylic acids is 1. The topological polar surface area (TPSA) is 178 Å². The lowest BCUT2D eigenvalue weighted by Gasteiger charge is -2.36. The lowest BCUT2D eigenvalue weighted by atomic mass is 9.87. The number of nitrogens with zero attached hydrogens (tertiary/aromatic N) is 1. The number of allylic oxidation sites excluding steroid dienone is 5. The molecule has 1 aliphatic rings. The van der Waals surface area contributed by atoms with Crippen LogP contribution in [-0.2, 0) is 23.1 Å². The van der Waals surface area contributed by atoms with E-state index in [0.717, 1.165) is 32.1 Å². The molecule has 0 bridgehead atoms. The van der Waals surface area contributed by atoms with Crippen LogP contribution in [0.25, 0.3) is 0 Å². The molecule has 0 aromatic carbocycles. The quantitative estimate of drug-likeness (QED) is 0.0222. The van der Waals surface area contributed by atoms with Crippen molar-refractivity contribution in [3.63, 3.8) is 0 Å². The van der Waals surface area contributed by atoms with Gasteiger partial charge >= 0.3 is 0 Å². The molecule has 12 nitrogen and oxygen atoms in total. The van der Waals surface area contributed by atoms with Crippen LogP contribution in [-0.4, -0.2) is 108 Å². The van der Waals surface area contributed by atoms with E-state index in [1.807, 2.05) is 39.4 Å². The van der Waals surface area contributed by atoms with Crippen LogP contribution < -0.4 is 10.2 Å². The zero-order valence-corrected chi connectivity index (χ0v) is 35.5. The lowest BCUT2D eigenvalue weighted by Crippen LogP contribution is -2.45. The number of nitrogens with one attached hydrogen (secondary N) is 1. The van der Waals surface area contributed by atoms with Crippen molar-refractivity contribution in [1.29, 1.82) is 0 Å². The number of phosphoric ester groups is 1. The van der Waals surface area contributed by atoms with Crippen molar-refractivity contribution < 1.29 is 52.9 Å². The number of rotatable bonds is 32. The third-order valence-corrected chi connectivity index (χ3v) is 10.5. The van der Waals surface area contributed by atoms with E-state index in [0.29, 0.717) is 43.1 Å². The molecule has 55 heavy (non-hydrogen) atoms. The maximum atomic E-state index is 12.9. The molecule has 1 rings (SSSR count). The highest BCUT2D eigenvalue weighted by Crippen LogP contribution is 2.38. The standard InChI is InChI=1S/C42H77N2O10P/c1-6-8-10-11-12-13-14-15-16-17-18-23-27-38(46)37(34-53-55(50,51)52-32-31-44(3,4)5)43-41(48)28-24-20-19-22-26-36-39(47)33-42(49)54-40(36)30-29-35(45)25-21-9-7-2/h15-16,19,22-23,27,29-30,35-40,42,45-47,49H,6-14,17-18,20-21,24-26,28,31-34H2,1-5H3,(H-,43,48,50,51)/b16-15-,22-19-,27-23+,30-29+/t35-,36-,37-,38+,39-,40+,42?/m0/s1. The SMILES string of the molecule is CCCCCCCC/C=C\CC/C=C/[C@@H](O)[C@H](COP(=O)([O-])OCC[N+](C)(C)C)NC(=O)CCC/C=C\C[C@H]1[C@@H](O)CC(O)O[C@@H]1/C=C/[C@@H](O)CCCCC. The van der Waals surface area contributed by atoms with Crippen LogP contribution in [0.2, 0.25) is 0 Å². The minimum Gasteiger partial charge on any atom is -0.756 e. The normalized spacial score (nSPS) is 22.5. The van der Waals surface area contributed by atoms with E-state index < -0.39 is 51.2 Å². The Bertz CT molecular complexity index is 1160. The second kappa shape index (κ2) is 30.4. The monoisotopic (exact) mass is 801 g/mol. The van der Waals surface area contributed by atoms with Crippen LogP contribution in [0.5, 0.6) is 0 Å². The van der Waals surface area contributed by atoms with E-state index in [2.05, 4.69) is 31.3 Å². The van der Waals surface area contributed by atoms with Crippen LogP contribution in [0.3, 0.4) is 0 Å². The zero-order chi connectivity index (χ0) is 41.0. The average Bonchev–Trinajstić information content (AvgIpc) is 3.11. The summed E-state index contributed by atoms with van der Waals surface area (Å²) in [7, 11) is 1.07. The molecule has 8 atom stereocenters. The molecule has 1 saturated heterocycles. The number of carbonyl (C=O) groups is 1. The molecule has 1 fully saturated rings. The molecule has 2 unspecified atom stereocenters. The molecule has 0 radical (unpaired) electrons. The number of hydrogen-bond donors (Lipinski definition) is 5. The van der Waals surface area contributed by atoms with E-state index >= 15 is 0 Å². The van der Waals surface area contributed by atoms with Crippen molar-refractivity contribution in [1.82, 2.24) is 5.32 Å². The van der Waals surface area contributed by atoms with E-state index in [4.69, 9.17) is 13.8 Å². The fourth-order valence-corrected chi connectivity index (χ4v) is 6.81. The van der Waals surface area contributed by atoms with Crippen LogP contribution in [0.4, 0.5) is 0 Å². The number of quaternary nitrogens is 1. The van der Waals surface area contributed by atoms with E-state index in [1.54, 1.807) is 18.2 Å². The van der Waals surface area contributed by atoms with Gasteiger partial charge in [0.25, 0.3) is 7.82 Å². The summed E-state index contributed by atoms with van der Waals surface area (Å²) in [5, 5.41) is 44.7. The second-order valence-corrected chi connectivity index (χ2v) is 17.3. The largest absolute Gasteiger partial charge is 0.756 e. The molecule has 0 aromatic rings. The van der Waals surface area contributed by atoms with Crippen molar-refractivity contribution in [2.45, 2.75) is 166 Å². The third-order valence-electron chi connectivity index (χ3n) is 9.56. The van der Waals surface area contributed by atoms with Crippen LogP contribution in [0.1, 0.15) is 129 Å². The summed E-state index contributed by atoms with van der Waals surface area (Å²) in [6.07, 6.45) is 26.4. The van der Waals surface area contributed by atoms with E-state index in [1.165, 1.54) is 38.5 Å². The maximum absolute atomic E-state index is 12.9. The highest BCUT2D eigenvalue weighted by molar-refractivity contribution is 7.45. The summed E-state index contributed by atoms with van der Waals surface area (Å²) >= 11 is 0. The van der Waals surface area contributed by atoms with E-state index in [-0.39, 0.29) is 31.3 Å². The Morgan fingerprint density at radius 2 is 1.51 bits per heavy atom. The van der Waals surface area contributed by atoms with Gasteiger partial charge in [-0.15, -0.1) is 0 Å². The van der Waals surface area contributed by atoms with Crippen LogP contribution in [0, 0.1) is 5.92 Å². The van der Waals surface area contributed by atoms with Crippen molar-refractivity contribution in [2.75, 3.05) is 40.9 Å².